The molecule has 4 heteroatoms. The third-order valence-electron chi connectivity index (χ3n) is 3.09. The van der Waals surface area contributed by atoms with Gasteiger partial charge in [-0.3, -0.25) is 0 Å². The van der Waals surface area contributed by atoms with Crippen molar-refractivity contribution in [1.82, 2.24) is 0 Å². The van der Waals surface area contributed by atoms with E-state index in [-0.39, 0.29) is 23.7 Å². The van der Waals surface area contributed by atoms with Crippen LogP contribution in [-0.4, -0.2) is 15.3 Å². The van der Waals surface area contributed by atoms with Gasteiger partial charge in [0.1, 0.15) is 12.2 Å². The number of hydrogen-bond donors (Lipinski definition) is 3. The second-order valence-electron chi connectivity index (χ2n) is 4.26. The number of phenols is 3. The van der Waals surface area contributed by atoms with Crippen LogP contribution in [0.25, 0.3) is 0 Å². The summed E-state index contributed by atoms with van der Waals surface area (Å²) in [7, 11) is 0. The van der Waals surface area contributed by atoms with Crippen molar-refractivity contribution in [3.8, 4) is 17.2 Å². The minimum Gasteiger partial charge on any atom is -0.504 e. The molecule has 0 radical (unpaired) electrons. The van der Waals surface area contributed by atoms with Crippen LogP contribution in [0, 0.1) is 0 Å². The summed E-state index contributed by atoms with van der Waals surface area (Å²) in [4.78, 5) is 0. The minimum atomic E-state index is -0.505. The Morgan fingerprint density at radius 1 is 0.778 bits per heavy atom. The summed E-state index contributed by atoms with van der Waals surface area (Å²) < 4.78 is 5.51. The summed E-state index contributed by atoms with van der Waals surface area (Å²) >= 11 is 0. The molecular weight excluding hydrogens is 232 g/mol. The van der Waals surface area contributed by atoms with E-state index < -0.39 is 5.75 Å². The maximum Gasteiger partial charge on any atom is 0.200 e. The lowest BCUT2D eigenvalue weighted by Crippen LogP contribution is -1.86. The molecule has 3 N–H and O–H groups in total. The molecule has 3 rings (SSSR count). The zero-order chi connectivity index (χ0) is 12.7. The van der Waals surface area contributed by atoms with Gasteiger partial charge < -0.3 is 20.1 Å². The predicted molar refractivity (Wildman–Crippen MR) is 64.4 cm³/mol. The van der Waals surface area contributed by atoms with Gasteiger partial charge in [0.25, 0.3) is 0 Å². The second kappa shape index (κ2) is 3.92. The van der Waals surface area contributed by atoms with Gasteiger partial charge in [0, 0.05) is 5.56 Å². The van der Waals surface area contributed by atoms with Crippen molar-refractivity contribution < 1.29 is 20.1 Å². The van der Waals surface area contributed by atoms with Crippen LogP contribution in [0.1, 0.15) is 23.3 Å². The van der Waals surface area contributed by atoms with Crippen LogP contribution in [0.2, 0.25) is 0 Å². The minimum absolute atomic E-state index is 0.110. The maximum absolute atomic E-state index is 9.76. The van der Waals surface area contributed by atoms with Crippen molar-refractivity contribution >= 4 is 0 Å². The molecule has 1 fully saturated rings. The number of hydrogen-bond acceptors (Lipinski definition) is 4. The molecule has 18 heavy (non-hydrogen) atoms. The van der Waals surface area contributed by atoms with Gasteiger partial charge in [-0.05, 0) is 17.7 Å². The van der Waals surface area contributed by atoms with Gasteiger partial charge in [0.15, 0.2) is 11.5 Å². The van der Waals surface area contributed by atoms with E-state index in [1.807, 2.05) is 30.3 Å². The van der Waals surface area contributed by atoms with E-state index >= 15 is 0 Å². The molecule has 0 spiro atoms. The van der Waals surface area contributed by atoms with Gasteiger partial charge in [-0.1, -0.05) is 30.3 Å². The Hall–Kier alpha value is -2.20. The van der Waals surface area contributed by atoms with E-state index in [0.717, 1.165) is 5.56 Å². The zero-order valence-electron chi connectivity index (χ0n) is 9.45. The van der Waals surface area contributed by atoms with Gasteiger partial charge in [0.05, 0.1) is 0 Å². The van der Waals surface area contributed by atoms with Gasteiger partial charge in [-0.2, -0.15) is 0 Å². The number of phenolic OH excluding ortho intramolecular Hbond substituents is 3. The van der Waals surface area contributed by atoms with Crippen molar-refractivity contribution in [2.24, 2.45) is 0 Å². The molecule has 1 saturated heterocycles. The highest BCUT2D eigenvalue weighted by atomic mass is 16.6. The first-order chi connectivity index (χ1) is 8.68. The summed E-state index contributed by atoms with van der Waals surface area (Å²) in [6.45, 7) is 0. The second-order valence-corrected chi connectivity index (χ2v) is 4.26. The number of aromatic hydroxyl groups is 3. The van der Waals surface area contributed by atoms with E-state index in [0.29, 0.717) is 5.56 Å². The molecule has 0 aromatic heterocycles. The van der Waals surface area contributed by atoms with E-state index in [1.54, 1.807) is 6.07 Å². The van der Waals surface area contributed by atoms with Crippen LogP contribution < -0.4 is 0 Å². The zero-order valence-corrected chi connectivity index (χ0v) is 9.45. The largest absolute Gasteiger partial charge is 0.504 e. The SMILES string of the molecule is Oc1ccc(C2OC2c2ccccc2)c(O)c1O. The van der Waals surface area contributed by atoms with E-state index in [2.05, 4.69) is 0 Å². The molecule has 4 nitrogen and oxygen atoms in total. The molecule has 92 valence electrons. The van der Waals surface area contributed by atoms with E-state index in [4.69, 9.17) is 4.74 Å². The molecule has 2 atom stereocenters. The fourth-order valence-electron chi connectivity index (χ4n) is 2.06. The molecule has 0 aliphatic carbocycles. The third-order valence-corrected chi connectivity index (χ3v) is 3.09. The van der Waals surface area contributed by atoms with Gasteiger partial charge in [-0.15, -0.1) is 0 Å². The smallest absolute Gasteiger partial charge is 0.200 e. The monoisotopic (exact) mass is 244 g/mol. The lowest BCUT2D eigenvalue weighted by molar-refractivity contribution is 0.350. The van der Waals surface area contributed by atoms with Gasteiger partial charge in [-0.25, -0.2) is 0 Å². The Balaban J connectivity index is 1.89. The Morgan fingerprint density at radius 3 is 2.22 bits per heavy atom. The Kier molecular flexibility index (Phi) is 2.38. The summed E-state index contributed by atoms with van der Waals surface area (Å²) in [5.74, 6) is -1.17. The van der Waals surface area contributed by atoms with Crippen molar-refractivity contribution in [1.29, 1.82) is 0 Å². The number of epoxide rings is 1. The first kappa shape index (κ1) is 10.9. The summed E-state index contributed by atoms with van der Waals surface area (Å²) in [6.07, 6.45) is -0.389. The maximum atomic E-state index is 9.76. The lowest BCUT2D eigenvalue weighted by atomic mass is 10.0. The van der Waals surface area contributed by atoms with Crippen molar-refractivity contribution in [3.05, 3.63) is 53.6 Å². The number of benzene rings is 2. The average molecular weight is 244 g/mol. The summed E-state index contributed by atoms with van der Waals surface area (Å²) in [5, 5.41) is 28.5. The van der Waals surface area contributed by atoms with Crippen molar-refractivity contribution in [2.75, 3.05) is 0 Å². The fraction of sp³-hybridized carbons (Fsp3) is 0.143. The number of ether oxygens (including phenoxy) is 1. The Labute approximate surface area is 104 Å². The highest BCUT2D eigenvalue weighted by Crippen LogP contribution is 2.55. The van der Waals surface area contributed by atoms with E-state index in [9.17, 15) is 15.3 Å². The highest BCUT2D eigenvalue weighted by Gasteiger charge is 2.43. The van der Waals surface area contributed by atoms with Crippen LogP contribution in [-0.2, 0) is 4.74 Å². The van der Waals surface area contributed by atoms with Crippen LogP contribution >= 0.6 is 0 Å². The number of rotatable bonds is 2. The molecular formula is C14H12O4. The Bertz CT molecular complexity index is 580. The first-order valence-electron chi connectivity index (χ1n) is 5.62. The molecule has 1 aliphatic rings. The normalized spacial score (nSPS) is 21.8. The van der Waals surface area contributed by atoms with Gasteiger partial charge in [0.2, 0.25) is 5.75 Å². The predicted octanol–water partition coefficient (Wildman–Crippen LogP) is 2.62. The van der Waals surface area contributed by atoms with Gasteiger partial charge >= 0.3 is 0 Å². The van der Waals surface area contributed by atoms with Crippen molar-refractivity contribution in [2.45, 2.75) is 12.2 Å². The first-order valence-corrected chi connectivity index (χ1v) is 5.62. The quantitative estimate of drug-likeness (QED) is 0.561. The van der Waals surface area contributed by atoms with Crippen LogP contribution in [0.3, 0.4) is 0 Å². The topological polar surface area (TPSA) is 73.2 Å². The summed E-state index contributed by atoms with van der Waals surface area (Å²) in [5.41, 5.74) is 1.51. The molecule has 1 heterocycles. The fourth-order valence-corrected chi connectivity index (χ4v) is 2.06. The molecule has 0 saturated carbocycles. The van der Waals surface area contributed by atoms with E-state index in [1.165, 1.54) is 6.07 Å². The average Bonchev–Trinajstić information content (AvgIpc) is 3.17. The summed E-state index contributed by atoms with van der Waals surface area (Å²) in [6, 6.07) is 12.5. The third kappa shape index (κ3) is 1.67. The van der Waals surface area contributed by atoms with Crippen LogP contribution in [0.5, 0.6) is 17.2 Å². The molecule has 2 unspecified atom stereocenters. The van der Waals surface area contributed by atoms with Crippen molar-refractivity contribution in [3.63, 3.8) is 0 Å². The molecule has 0 amide bonds. The van der Waals surface area contributed by atoms with Crippen LogP contribution in [0.15, 0.2) is 42.5 Å². The molecule has 2 aromatic rings. The molecule has 2 aromatic carbocycles. The Morgan fingerprint density at radius 2 is 1.50 bits per heavy atom. The lowest BCUT2D eigenvalue weighted by Gasteiger charge is -2.05. The molecule has 1 aliphatic heterocycles. The highest BCUT2D eigenvalue weighted by molar-refractivity contribution is 5.55. The standard InChI is InChI=1S/C14H12O4/c15-10-7-6-9(11(16)12(10)17)14-13(18-14)8-4-2-1-3-5-8/h1-7,13-17H. The van der Waals surface area contributed by atoms with Crippen LogP contribution in [0.4, 0.5) is 0 Å². The molecule has 0 bridgehead atoms.